The summed E-state index contributed by atoms with van der Waals surface area (Å²) in [5, 5.41) is 19.5. The highest BCUT2D eigenvalue weighted by Gasteiger charge is 2.24. The fraction of sp³-hybridized carbons (Fsp3) is 0.200. The highest BCUT2D eigenvalue weighted by atomic mass is 16.4. The molecule has 0 heterocycles. The van der Waals surface area contributed by atoms with Gasteiger partial charge in [0.15, 0.2) is 0 Å². The molecule has 0 saturated carbocycles. The summed E-state index contributed by atoms with van der Waals surface area (Å²) in [7, 11) is 0. The quantitative estimate of drug-likeness (QED) is 0.549. The topological polar surface area (TPSA) is 74.6 Å². The van der Waals surface area contributed by atoms with E-state index in [1.54, 1.807) is 42.5 Å². The molecule has 0 spiro atoms. The van der Waals surface area contributed by atoms with Gasteiger partial charge in [-0.1, -0.05) is 56.3 Å². The van der Waals surface area contributed by atoms with E-state index in [4.69, 9.17) is 0 Å². The number of carboxylic acid groups (broad SMARTS) is 2. The van der Waals surface area contributed by atoms with Gasteiger partial charge < -0.3 is 10.2 Å². The molecule has 0 amide bonds. The Morgan fingerprint density at radius 1 is 0.759 bits per heavy atom. The Labute approximate surface area is 170 Å². The van der Waals surface area contributed by atoms with Gasteiger partial charge in [0.1, 0.15) is 0 Å². The molecule has 0 aromatic heterocycles. The number of aryl methyl sites for hydroxylation is 1. The molecule has 0 aliphatic carbocycles. The first-order valence-corrected chi connectivity index (χ1v) is 9.53. The zero-order valence-corrected chi connectivity index (χ0v) is 17.0. The lowest BCUT2D eigenvalue weighted by atomic mass is 9.80. The molecule has 0 saturated heterocycles. The van der Waals surface area contributed by atoms with Crippen LogP contribution < -0.4 is 0 Å². The van der Waals surface area contributed by atoms with Gasteiger partial charge in [-0.3, -0.25) is 0 Å². The van der Waals surface area contributed by atoms with Crippen molar-refractivity contribution < 1.29 is 19.8 Å². The van der Waals surface area contributed by atoms with E-state index in [1.807, 2.05) is 19.9 Å². The zero-order valence-electron chi connectivity index (χ0n) is 17.0. The molecular weight excluding hydrogens is 364 g/mol. The summed E-state index contributed by atoms with van der Waals surface area (Å²) in [6, 6.07) is 15.8. The van der Waals surface area contributed by atoms with Gasteiger partial charge in [-0.15, -0.1) is 0 Å². The van der Waals surface area contributed by atoms with Crippen LogP contribution in [0.3, 0.4) is 0 Å². The largest absolute Gasteiger partial charge is 0.478 e. The van der Waals surface area contributed by atoms with E-state index in [0.29, 0.717) is 11.1 Å². The number of rotatable bonds is 5. The van der Waals surface area contributed by atoms with E-state index < -0.39 is 11.9 Å². The molecule has 3 aromatic carbocycles. The molecule has 29 heavy (non-hydrogen) atoms. The molecule has 3 aromatic rings. The molecule has 4 heteroatoms. The highest BCUT2D eigenvalue weighted by molar-refractivity contribution is 6.04. The molecule has 148 valence electrons. The first kappa shape index (κ1) is 20.3. The zero-order chi connectivity index (χ0) is 21.3. The lowest BCUT2D eigenvalue weighted by molar-refractivity contribution is 0.0686. The summed E-state index contributed by atoms with van der Waals surface area (Å²) in [5.74, 6) is -1.78. The predicted molar refractivity (Wildman–Crippen MR) is 115 cm³/mol. The Morgan fingerprint density at radius 2 is 1.21 bits per heavy atom. The SMILES string of the molecule is Cc1cc(C(C)C)c(C)c(-c2ccccc2C(=O)O)c1-c1ccccc1C(=O)O. The number of benzene rings is 3. The predicted octanol–water partition coefficient (Wildman–Crippen LogP) is 6.16. The van der Waals surface area contributed by atoms with Gasteiger partial charge in [0, 0.05) is 0 Å². The van der Waals surface area contributed by atoms with Crippen LogP contribution in [0.4, 0.5) is 0 Å². The van der Waals surface area contributed by atoms with E-state index in [0.717, 1.165) is 27.8 Å². The lowest BCUT2D eigenvalue weighted by Crippen LogP contribution is -2.07. The molecule has 0 bridgehead atoms. The smallest absolute Gasteiger partial charge is 0.336 e. The van der Waals surface area contributed by atoms with Gasteiger partial charge in [0.25, 0.3) is 0 Å². The number of aromatic carboxylic acids is 2. The van der Waals surface area contributed by atoms with Crippen LogP contribution in [0.5, 0.6) is 0 Å². The minimum atomic E-state index is -1.01. The van der Waals surface area contributed by atoms with Crippen molar-refractivity contribution in [1.29, 1.82) is 0 Å². The summed E-state index contributed by atoms with van der Waals surface area (Å²) >= 11 is 0. The van der Waals surface area contributed by atoms with Crippen molar-refractivity contribution in [3.05, 3.63) is 82.4 Å². The van der Waals surface area contributed by atoms with Crippen LogP contribution in [-0.2, 0) is 0 Å². The fourth-order valence-electron chi connectivity index (χ4n) is 4.00. The van der Waals surface area contributed by atoms with E-state index in [1.165, 1.54) is 0 Å². The number of carboxylic acids is 2. The Morgan fingerprint density at radius 3 is 1.66 bits per heavy atom. The summed E-state index contributed by atoms with van der Waals surface area (Å²) in [5.41, 5.74) is 6.13. The lowest BCUT2D eigenvalue weighted by Gasteiger charge is -2.23. The maximum absolute atomic E-state index is 11.9. The average molecular weight is 388 g/mol. The van der Waals surface area contributed by atoms with Gasteiger partial charge in [0.2, 0.25) is 0 Å². The number of hydrogen-bond acceptors (Lipinski definition) is 2. The van der Waals surface area contributed by atoms with Crippen LogP contribution in [0.15, 0.2) is 54.6 Å². The van der Waals surface area contributed by atoms with Gasteiger partial charge >= 0.3 is 11.9 Å². The molecule has 0 atom stereocenters. The van der Waals surface area contributed by atoms with Crippen LogP contribution in [0.25, 0.3) is 22.3 Å². The molecule has 2 N–H and O–H groups in total. The molecule has 3 rings (SSSR count). The van der Waals surface area contributed by atoms with Gasteiger partial charge in [-0.25, -0.2) is 9.59 Å². The summed E-state index contributed by atoms with van der Waals surface area (Å²) < 4.78 is 0. The Bertz CT molecular complexity index is 1110. The van der Waals surface area contributed by atoms with E-state index in [-0.39, 0.29) is 17.0 Å². The third kappa shape index (κ3) is 3.66. The first-order valence-electron chi connectivity index (χ1n) is 9.53. The van der Waals surface area contributed by atoms with E-state index in [9.17, 15) is 19.8 Å². The second kappa shape index (κ2) is 7.92. The maximum Gasteiger partial charge on any atom is 0.336 e. The maximum atomic E-state index is 11.9. The second-order valence-electron chi connectivity index (χ2n) is 7.51. The molecule has 0 radical (unpaired) electrons. The van der Waals surface area contributed by atoms with E-state index >= 15 is 0 Å². The molecule has 0 aliphatic rings. The first-order chi connectivity index (χ1) is 13.7. The normalized spacial score (nSPS) is 10.9. The van der Waals surface area contributed by atoms with E-state index in [2.05, 4.69) is 19.9 Å². The van der Waals surface area contributed by atoms with Crippen LogP contribution >= 0.6 is 0 Å². The molecule has 0 unspecified atom stereocenters. The fourth-order valence-corrected chi connectivity index (χ4v) is 4.00. The van der Waals surface area contributed by atoms with Crippen LogP contribution in [0, 0.1) is 13.8 Å². The van der Waals surface area contributed by atoms with Gasteiger partial charge in [-0.05, 0) is 70.8 Å². The molecule has 4 nitrogen and oxygen atoms in total. The van der Waals surface area contributed by atoms with Crippen molar-refractivity contribution in [2.24, 2.45) is 0 Å². The minimum Gasteiger partial charge on any atom is -0.478 e. The third-order valence-corrected chi connectivity index (χ3v) is 5.30. The van der Waals surface area contributed by atoms with Crippen LogP contribution in [0.1, 0.15) is 57.2 Å². The van der Waals surface area contributed by atoms with Crippen molar-refractivity contribution in [3.63, 3.8) is 0 Å². The Hall–Kier alpha value is -3.40. The van der Waals surface area contributed by atoms with Gasteiger partial charge in [0.05, 0.1) is 11.1 Å². The third-order valence-electron chi connectivity index (χ3n) is 5.30. The molecule has 0 aliphatic heterocycles. The van der Waals surface area contributed by atoms with Crippen molar-refractivity contribution in [2.75, 3.05) is 0 Å². The molecular formula is C25H24O4. The van der Waals surface area contributed by atoms with Crippen LogP contribution in [0.2, 0.25) is 0 Å². The van der Waals surface area contributed by atoms with Gasteiger partial charge in [-0.2, -0.15) is 0 Å². The molecule has 0 fully saturated rings. The van der Waals surface area contributed by atoms with Crippen molar-refractivity contribution in [2.45, 2.75) is 33.6 Å². The van der Waals surface area contributed by atoms with Crippen molar-refractivity contribution >= 4 is 11.9 Å². The highest BCUT2D eigenvalue weighted by Crippen LogP contribution is 2.43. The minimum absolute atomic E-state index is 0.196. The Kier molecular flexibility index (Phi) is 5.55. The number of carbonyl (C=O) groups is 2. The average Bonchev–Trinajstić information content (AvgIpc) is 2.68. The monoisotopic (exact) mass is 388 g/mol. The van der Waals surface area contributed by atoms with Crippen LogP contribution in [-0.4, -0.2) is 22.2 Å². The summed E-state index contributed by atoms with van der Waals surface area (Å²) in [6.07, 6.45) is 0. The number of hydrogen-bond donors (Lipinski definition) is 2. The second-order valence-corrected chi connectivity index (χ2v) is 7.51. The van der Waals surface area contributed by atoms with Crippen molar-refractivity contribution in [3.8, 4) is 22.3 Å². The van der Waals surface area contributed by atoms with Crippen molar-refractivity contribution in [1.82, 2.24) is 0 Å². The Balaban J connectivity index is 2.51. The summed E-state index contributed by atoms with van der Waals surface area (Å²) in [6.45, 7) is 8.13. The summed E-state index contributed by atoms with van der Waals surface area (Å²) in [4.78, 5) is 23.8. The standard InChI is InChI=1S/C25H24O4/c1-14(2)21-13-15(3)22(17-9-5-7-11-19(17)24(26)27)23(16(21)4)18-10-6-8-12-20(18)25(28)29/h5-14H,1-4H3,(H,26,27)(H,28,29).